The lowest BCUT2D eigenvalue weighted by Gasteiger charge is -2.13. The monoisotopic (exact) mass is 532 g/mol. The molecular weight excluding hydrogens is 504 g/mol. The minimum absolute atomic E-state index is 0. The van der Waals surface area contributed by atoms with Gasteiger partial charge in [-0.15, -0.1) is 0 Å². The number of pyridine rings is 1. The van der Waals surface area contributed by atoms with Crippen molar-refractivity contribution in [3.8, 4) is 11.3 Å². The average molecular weight is 533 g/mol. The summed E-state index contributed by atoms with van der Waals surface area (Å²) in [6.07, 6.45) is 3.71. The third kappa shape index (κ3) is 4.92. The first-order valence-corrected chi connectivity index (χ1v) is 13.3. The number of halogens is 1. The first-order valence-electron chi connectivity index (χ1n) is 11.9. The summed E-state index contributed by atoms with van der Waals surface area (Å²) in [5.74, 6) is 0. The first-order chi connectivity index (χ1) is 17.3. The Morgan fingerprint density at radius 3 is 2.24 bits per heavy atom. The van der Waals surface area contributed by atoms with Crippen molar-refractivity contribution in [3.05, 3.63) is 119 Å². The molecule has 0 amide bonds. The van der Waals surface area contributed by atoms with Gasteiger partial charge in [0.25, 0.3) is 10.0 Å². The number of aromatic nitrogens is 2. The van der Waals surface area contributed by atoms with Crippen LogP contribution in [0, 0.1) is 20.8 Å². The minimum atomic E-state index is -3.73. The molecule has 0 aliphatic heterocycles. The van der Waals surface area contributed by atoms with E-state index in [-0.39, 0.29) is 23.9 Å². The van der Waals surface area contributed by atoms with E-state index in [1.165, 1.54) is 3.97 Å². The Morgan fingerprint density at radius 2 is 1.57 bits per heavy atom. The van der Waals surface area contributed by atoms with Gasteiger partial charge in [-0.3, -0.25) is 0 Å². The van der Waals surface area contributed by atoms with Gasteiger partial charge in [0, 0.05) is 34.8 Å². The first kappa shape index (κ1) is 26.6. The topological polar surface area (TPSA) is 63.2 Å². The van der Waals surface area contributed by atoms with Crippen molar-refractivity contribution in [1.82, 2.24) is 3.97 Å². The fourth-order valence-corrected chi connectivity index (χ4v) is 6.21. The SMILES string of the molecule is Cc1ccc(S(=O)(=O)n2ccc3c(C[n+]4ccccc4-c4ccc(CO)cc4)c(C)cc(C)c32)cc1.[Cl-]. The Morgan fingerprint density at radius 1 is 0.865 bits per heavy atom. The number of hydrogen-bond donors (Lipinski definition) is 1. The molecule has 2 aromatic heterocycles. The molecule has 0 unspecified atom stereocenters. The van der Waals surface area contributed by atoms with Crippen molar-refractivity contribution in [3.63, 3.8) is 0 Å². The van der Waals surface area contributed by atoms with Crippen molar-refractivity contribution in [2.75, 3.05) is 0 Å². The number of benzene rings is 3. The predicted molar refractivity (Wildman–Crippen MR) is 142 cm³/mol. The molecule has 0 spiro atoms. The summed E-state index contributed by atoms with van der Waals surface area (Å²) in [5.41, 5.74) is 7.80. The lowest BCUT2D eigenvalue weighted by atomic mass is 10.00. The van der Waals surface area contributed by atoms with Crippen LogP contribution in [0.3, 0.4) is 0 Å². The quantitative estimate of drug-likeness (QED) is 0.341. The van der Waals surface area contributed by atoms with Crippen molar-refractivity contribution >= 4 is 20.9 Å². The number of nitrogens with zero attached hydrogens (tertiary/aromatic N) is 2. The minimum Gasteiger partial charge on any atom is -1.00 e. The molecule has 37 heavy (non-hydrogen) atoms. The molecule has 190 valence electrons. The van der Waals surface area contributed by atoms with Gasteiger partial charge in [0.2, 0.25) is 5.69 Å². The summed E-state index contributed by atoms with van der Waals surface area (Å²) in [5, 5.41) is 10.3. The van der Waals surface area contributed by atoms with Crippen LogP contribution in [0.1, 0.15) is 27.8 Å². The highest BCUT2D eigenvalue weighted by atomic mass is 35.5. The number of aliphatic hydroxyl groups excluding tert-OH is 1. The van der Waals surface area contributed by atoms with E-state index in [0.29, 0.717) is 12.1 Å². The Bertz CT molecular complexity index is 1670. The highest BCUT2D eigenvalue weighted by Gasteiger charge is 2.23. The van der Waals surface area contributed by atoms with Gasteiger partial charge in [-0.05, 0) is 73.9 Å². The van der Waals surface area contributed by atoms with E-state index in [0.717, 1.165) is 44.5 Å². The molecule has 3 aromatic carbocycles. The Kier molecular flexibility index (Phi) is 7.55. The van der Waals surface area contributed by atoms with Gasteiger partial charge in [-0.25, -0.2) is 12.4 Å². The molecule has 5 aromatic rings. The van der Waals surface area contributed by atoms with Crippen LogP contribution in [-0.2, 0) is 23.2 Å². The highest BCUT2D eigenvalue weighted by molar-refractivity contribution is 7.90. The molecule has 2 heterocycles. The van der Waals surface area contributed by atoms with E-state index >= 15 is 0 Å². The van der Waals surface area contributed by atoms with Crippen LogP contribution in [-0.4, -0.2) is 17.5 Å². The standard InChI is InChI=1S/C30H29N2O3S.ClH/c1-21-7-13-26(14-8-21)36(34,35)32-17-15-27-28(22(2)18-23(3)30(27)32)19-31-16-5-4-6-29(31)25-11-9-24(20-33)10-12-25;/h4-18,33H,19-20H2,1-3H3;1H/q+1;/p-1. The Balaban J connectivity index is 0.00000320. The van der Waals surface area contributed by atoms with Gasteiger partial charge in [-0.2, -0.15) is 4.57 Å². The smallest absolute Gasteiger partial charge is 0.268 e. The van der Waals surface area contributed by atoms with Crippen LogP contribution >= 0.6 is 0 Å². The van der Waals surface area contributed by atoms with Crippen molar-refractivity contribution in [2.45, 2.75) is 38.8 Å². The molecule has 0 fully saturated rings. The molecule has 5 rings (SSSR count). The number of fused-ring (bicyclic) bond motifs is 1. The second-order valence-corrected chi connectivity index (χ2v) is 11.1. The molecule has 7 heteroatoms. The zero-order chi connectivity index (χ0) is 25.4. The number of rotatable bonds is 6. The number of aryl methyl sites for hydroxylation is 3. The maximum atomic E-state index is 13.6. The van der Waals surface area contributed by atoms with E-state index in [4.69, 9.17) is 0 Å². The van der Waals surface area contributed by atoms with Crippen LogP contribution in [0.25, 0.3) is 22.2 Å². The largest absolute Gasteiger partial charge is 1.00 e. The maximum Gasteiger partial charge on any atom is 0.268 e. The van der Waals surface area contributed by atoms with E-state index in [9.17, 15) is 13.5 Å². The molecule has 0 radical (unpaired) electrons. The van der Waals surface area contributed by atoms with Crippen molar-refractivity contribution in [1.29, 1.82) is 0 Å². The van der Waals surface area contributed by atoms with Gasteiger partial charge >= 0.3 is 0 Å². The van der Waals surface area contributed by atoms with E-state index in [1.807, 2.05) is 74.6 Å². The van der Waals surface area contributed by atoms with Crippen molar-refractivity contribution < 1.29 is 30.5 Å². The molecule has 5 nitrogen and oxygen atoms in total. The zero-order valence-electron chi connectivity index (χ0n) is 21.0. The van der Waals surface area contributed by atoms with Crippen LogP contribution in [0.2, 0.25) is 0 Å². The second kappa shape index (κ2) is 10.5. The van der Waals surface area contributed by atoms with Crippen LogP contribution in [0.15, 0.2) is 96.2 Å². The fourth-order valence-electron chi connectivity index (χ4n) is 4.80. The molecule has 0 aliphatic rings. The summed E-state index contributed by atoms with van der Waals surface area (Å²) in [7, 11) is -3.73. The molecule has 0 saturated heterocycles. The van der Waals surface area contributed by atoms with Crippen molar-refractivity contribution in [2.24, 2.45) is 0 Å². The molecule has 1 N–H and O–H groups in total. The highest BCUT2D eigenvalue weighted by Crippen LogP contribution is 2.30. The zero-order valence-corrected chi connectivity index (χ0v) is 22.6. The third-order valence-corrected chi connectivity index (χ3v) is 8.43. The third-order valence-electron chi connectivity index (χ3n) is 6.74. The summed E-state index contributed by atoms with van der Waals surface area (Å²) >= 11 is 0. The Labute approximate surface area is 224 Å². The van der Waals surface area contributed by atoms with Gasteiger partial charge in [0.15, 0.2) is 12.7 Å². The lowest BCUT2D eigenvalue weighted by molar-refractivity contribution is -0.677. The summed E-state index contributed by atoms with van der Waals surface area (Å²) < 4.78 is 30.7. The predicted octanol–water partition coefficient (Wildman–Crippen LogP) is 2.30. The normalized spacial score (nSPS) is 11.5. The number of hydrogen-bond acceptors (Lipinski definition) is 3. The number of aliphatic hydroxyl groups is 1. The van der Waals surface area contributed by atoms with Crippen LogP contribution < -0.4 is 17.0 Å². The average Bonchev–Trinajstić information content (AvgIpc) is 3.34. The van der Waals surface area contributed by atoms with Gasteiger partial charge < -0.3 is 17.5 Å². The Hall–Kier alpha value is -3.45. The summed E-state index contributed by atoms with van der Waals surface area (Å²) in [4.78, 5) is 0.276. The molecule has 0 atom stereocenters. The maximum absolute atomic E-state index is 13.6. The molecule has 0 aliphatic carbocycles. The van der Waals surface area contributed by atoms with Crippen LogP contribution in [0.4, 0.5) is 0 Å². The fraction of sp³-hybridized carbons (Fsp3) is 0.167. The molecule has 0 saturated carbocycles. The second-order valence-electron chi connectivity index (χ2n) is 9.25. The van der Waals surface area contributed by atoms with Gasteiger partial charge in [-0.1, -0.05) is 35.9 Å². The summed E-state index contributed by atoms with van der Waals surface area (Å²) in [6, 6.07) is 24.9. The molecular formula is C30H29ClN2O3S. The van der Waals surface area contributed by atoms with Crippen LogP contribution in [0.5, 0.6) is 0 Å². The lowest BCUT2D eigenvalue weighted by Crippen LogP contribution is -3.00. The van der Waals surface area contributed by atoms with Gasteiger partial charge in [0.05, 0.1) is 17.0 Å². The summed E-state index contributed by atoms with van der Waals surface area (Å²) in [6.45, 7) is 6.58. The van der Waals surface area contributed by atoms with E-state index in [1.54, 1.807) is 18.3 Å². The molecule has 0 bridgehead atoms. The van der Waals surface area contributed by atoms with E-state index in [2.05, 4.69) is 23.6 Å². The van der Waals surface area contributed by atoms with E-state index < -0.39 is 10.0 Å². The van der Waals surface area contributed by atoms with Gasteiger partial charge in [0.1, 0.15) is 0 Å².